The first-order valence-electron chi connectivity index (χ1n) is 9.46. The Morgan fingerprint density at radius 1 is 1.11 bits per heavy atom. The molecule has 2 N–H and O–H groups in total. The topological polar surface area (TPSA) is 83.6 Å². The summed E-state index contributed by atoms with van der Waals surface area (Å²) >= 11 is 0. The Balaban J connectivity index is 1.58. The van der Waals surface area contributed by atoms with Crippen molar-refractivity contribution in [3.05, 3.63) is 58.9 Å². The fraction of sp³-hybridized carbons (Fsp3) is 0.381. The number of anilines is 1. The molecule has 0 aliphatic carbocycles. The molecule has 2 heterocycles. The molecule has 1 aromatic carbocycles. The second-order valence-electron chi connectivity index (χ2n) is 6.91. The van der Waals surface area contributed by atoms with Gasteiger partial charge in [-0.2, -0.15) is 0 Å². The molecule has 1 fully saturated rings. The maximum Gasteiger partial charge on any atom is 0.274 e. The van der Waals surface area contributed by atoms with Crippen molar-refractivity contribution in [2.45, 2.75) is 13.8 Å². The molecule has 0 bridgehead atoms. The van der Waals surface area contributed by atoms with E-state index in [1.54, 1.807) is 6.07 Å². The van der Waals surface area contributed by atoms with Gasteiger partial charge in [0.05, 0.1) is 13.2 Å². The summed E-state index contributed by atoms with van der Waals surface area (Å²) < 4.78 is 5.31. The number of aryl methyl sites for hydroxylation is 2. The quantitative estimate of drug-likeness (QED) is 0.799. The van der Waals surface area contributed by atoms with Crippen molar-refractivity contribution >= 4 is 17.5 Å². The normalized spacial score (nSPS) is 14.5. The van der Waals surface area contributed by atoms with Crippen LogP contribution < -0.4 is 10.6 Å². The lowest BCUT2D eigenvalue weighted by Crippen LogP contribution is -2.41. The van der Waals surface area contributed by atoms with Crippen LogP contribution in [0.1, 0.15) is 32.0 Å². The number of nitrogens with one attached hydrogen (secondary N) is 2. The minimum atomic E-state index is -0.336. The van der Waals surface area contributed by atoms with Crippen molar-refractivity contribution < 1.29 is 14.3 Å². The molecule has 0 saturated carbocycles. The van der Waals surface area contributed by atoms with Crippen LogP contribution in [0.2, 0.25) is 0 Å². The van der Waals surface area contributed by atoms with E-state index in [0.29, 0.717) is 12.1 Å². The highest BCUT2D eigenvalue weighted by Gasteiger charge is 2.14. The Kier molecular flexibility index (Phi) is 6.73. The van der Waals surface area contributed by atoms with Gasteiger partial charge in [-0.3, -0.25) is 19.5 Å². The Labute approximate surface area is 165 Å². The molecule has 0 spiro atoms. The Morgan fingerprint density at radius 2 is 1.89 bits per heavy atom. The van der Waals surface area contributed by atoms with E-state index in [4.69, 9.17) is 4.74 Å². The van der Waals surface area contributed by atoms with E-state index in [9.17, 15) is 9.59 Å². The van der Waals surface area contributed by atoms with Gasteiger partial charge in [0.15, 0.2) is 0 Å². The highest BCUT2D eigenvalue weighted by atomic mass is 16.5. The number of nitrogens with zero attached hydrogens (tertiary/aromatic N) is 2. The lowest BCUT2D eigenvalue weighted by molar-refractivity contribution is 0.0383. The SMILES string of the molecule is Cc1ccc(C)c(NC(=O)c2cc(C(=O)NCCN3CCOCC3)ccn2)c1. The van der Waals surface area contributed by atoms with E-state index >= 15 is 0 Å². The first-order chi connectivity index (χ1) is 13.5. The average Bonchev–Trinajstić information content (AvgIpc) is 2.71. The van der Waals surface area contributed by atoms with E-state index in [1.807, 2.05) is 32.0 Å². The number of amides is 2. The maximum absolute atomic E-state index is 12.5. The molecule has 3 rings (SSSR count). The molecule has 7 heteroatoms. The third-order valence-electron chi connectivity index (χ3n) is 4.71. The van der Waals surface area contributed by atoms with E-state index in [-0.39, 0.29) is 17.5 Å². The van der Waals surface area contributed by atoms with Crippen LogP contribution in [0.15, 0.2) is 36.5 Å². The van der Waals surface area contributed by atoms with Gasteiger partial charge >= 0.3 is 0 Å². The highest BCUT2D eigenvalue weighted by molar-refractivity contribution is 6.05. The van der Waals surface area contributed by atoms with Crippen molar-refractivity contribution in [1.82, 2.24) is 15.2 Å². The van der Waals surface area contributed by atoms with E-state index in [0.717, 1.165) is 49.7 Å². The van der Waals surface area contributed by atoms with Gasteiger partial charge < -0.3 is 15.4 Å². The average molecular weight is 382 g/mol. The van der Waals surface area contributed by atoms with Crippen molar-refractivity contribution in [3.63, 3.8) is 0 Å². The molecule has 0 atom stereocenters. The van der Waals surface area contributed by atoms with Crippen molar-refractivity contribution in [2.24, 2.45) is 0 Å². The van der Waals surface area contributed by atoms with Crippen molar-refractivity contribution in [2.75, 3.05) is 44.7 Å². The van der Waals surface area contributed by atoms with Crippen LogP contribution in [0.5, 0.6) is 0 Å². The molecule has 0 radical (unpaired) electrons. The lowest BCUT2D eigenvalue weighted by atomic mass is 10.1. The van der Waals surface area contributed by atoms with Gasteiger partial charge in [0.25, 0.3) is 11.8 Å². The predicted octanol–water partition coefficient (Wildman–Crippen LogP) is 2.01. The summed E-state index contributed by atoms with van der Waals surface area (Å²) in [7, 11) is 0. The molecule has 1 aromatic heterocycles. The third-order valence-corrected chi connectivity index (χ3v) is 4.71. The zero-order valence-electron chi connectivity index (χ0n) is 16.3. The van der Waals surface area contributed by atoms with Gasteiger partial charge in [-0.1, -0.05) is 12.1 Å². The van der Waals surface area contributed by atoms with Gasteiger partial charge in [-0.05, 0) is 43.2 Å². The van der Waals surface area contributed by atoms with Gasteiger partial charge in [0.2, 0.25) is 0 Å². The summed E-state index contributed by atoms with van der Waals surface area (Å²) in [5.41, 5.74) is 3.40. The van der Waals surface area contributed by atoms with Crippen LogP contribution in [0.4, 0.5) is 5.69 Å². The summed E-state index contributed by atoms with van der Waals surface area (Å²) in [6.45, 7) is 8.46. The van der Waals surface area contributed by atoms with Crippen LogP contribution >= 0.6 is 0 Å². The van der Waals surface area contributed by atoms with Gasteiger partial charge in [0, 0.05) is 43.6 Å². The second kappa shape index (κ2) is 9.43. The molecule has 1 saturated heterocycles. The summed E-state index contributed by atoms with van der Waals surface area (Å²) in [6, 6.07) is 8.99. The van der Waals surface area contributed by atoms with Crippen molar-refractivity contribution in [1.29, 1.82) is 0 Å². The van der Waals surface area contributed by atoms with Crippen LogP contribution in [-0.4, -0.2) is 61.1 Å². The number of ether oxygens (including phenoxy) is 1. The number of pyridine rings is 1. The summed E-state index contributed by atoms with van der Waals surface area (Å²) in [5.74, 6) is -0.548. The molecule has 1 aliphatic heterocycles. The first-order valence-corrected chi connectivity index (χ1v) is 9.46. The molecule has 148 valence electrons. The number of hydrogen-bond donors (Lipinski definition) is 2. The maximum atomic E-state index is 12.5. The fourth-order valence-electron chi connectivity index (χ4n) is 3.01. The minimum absolute atomic E-state index is 0.210. The number of carbonyl (C=O) groups excluding carboxylic acids is 2. The molecule has 2 aromatic rings. The minimum Gasteiger partial charge on any atom is -0.379 e. The number of carbonyl (C=O) groups is 2. The van der Waals surface area contributed by atoms with Gasteiger partial charge in [0.1, 0.15) is 5.69 Å². The predicted molar refractivity (Wildman–Crippen MR) is 108 cm³/mol. The lowest BCUT2D eigenvalue weighted by Gasteiger charge is -2.26. The molecule has 0 unspecified atom stereocenters. The number of rotatable bonds is 6. The highest BCUT2D eigenvalue weighted by Crippen LogP contribution is 2.17. The number of benzene rings is 1. The molecule has 1 aliphatic rings. The standard InChI is InChI=1S/C21H26N4O3/c1-15-3-4-16(2)18(13-15)24-21(27)19-14-17(5-6-22-19)20(26)23-7-8-25-9-11-28-12-10-25/h3-6,13-14H,7-12H2,1-2H3,(H,23,26)(H,24,27). The smallest absolute Gasteiger partial charge is 0.274 e. The fourth-order valence-corrected chi connectivity index (χ4v) is 3.01. The Bertz CT molecular complexity index is 847. The molecule has 7 nitrogen and oxygen atoms in total. The third kappa shape index (κ3) is 5.37. The molecule has 2 amide bonds. The zero-order chi connectivity index (χ0) is 19.9. The van der Waals surface area contributed by atoms with Crippen molar-refractivity contribution in [3.8, 4) is 0 Å². The van der Waals surface area contributed by atoms with E-state index in [1.165, 1.54) is 12.3 Å². The summed E-state index contributed by atoms with van der Waals surface area (Å²) in [4.78, 5) is 31.3. The monoisotopic (exact) mass is 382 g/mol. The number of aromatic nitrogens is 1. The molecular formula is C21H26N4O3. The second-order valence-corrected chi connectivity index (χ2v) is 6.91. The largest absolute Gasteiger partial charge is 0.379 e. The van der Waals surface area contributed by atoms with Crippen LogP contribution in [0.25, 0.3) is 0 Å². The van der Waals surface area contributed by atoms with Gasteiger partial charge in [-0.25, -0.2) is 0 Å². The zero-order valence-corrected chi connectivity index (χ0v) is 16.3. The Hall–Kier alpha value is -2.77. The molecular weight excluding hydrogens is 356 g/mol. The van der Waals surface area contributed by atoms with Crippen LogP contribution in [-0.2, 0) is 4.74 Å². The summed E-state index contributed by atoms with van der Waals surface area (Å²) in [6.07, 6.45) is 1.48. The van der Waals surface area contributed by atoms with Crippen LogP contribution in [0, 0.1) is 13.8 Å². The number of morpholine rings is 1. The number of hydrogen-bond acceptors (Lipinski definition) is 5. The van der Waals surface area contributed by atoms with E-state index in [2.05, 4.69) is 20.5 Å². The van der Waals surface area contributed by atoms with Gasteiger partial charge in [-0.15, -0.1) is 0 Å². The Morgan fingerprint density at radius 3 is 2.68 bits per heavy atom. The first kappa shape index (κ1) is 20.0. The van der Waals surface area contributed by atoms with Crippen LogP contribution in [0.3, 0.4) is 0 Å². The van der Waals surface area contributed by atoms with E-state index < -0.39 is 0 Å². The summed E-state index contributed by atoms with van der Waals surface area (Å²) in [5, 5.41) is 5.77. The molecule has 28 heavy (non-hydrogen) atoms.